The van der Waals surface area contributed by atoms with E-state index in [1.54, 1.807) is 0 Å². The second kappa shape index (κ2) is 12.0. The first-order valence-corrected chi connectivity index (χ1v) is 9.63. The van der Waals surface area contributed by atoms with Crippen LogP contribution in [-0.4, -0.2) is 70.8 Å². The molecule has 19 heavy (non-hydrogen) atoms. The zero-order valence-electron chi connectivity index (χ0n) is 13.3. The maximum Gasteiger partial charge on any atom is 0.168 e. The Kier molecular flexibility index (Phi) is 12.2. The van der Waals surface area contributed by atoms with Crippen LogP contribution in [0.5, 0.6) is 0 Å². The highest BCUT2D eigenvalue weighted by Gasteiger charge is 2.24. The van der Waals surface area contributed by atoms with E-state index in [9.17, 15) is 0 Å². The standard InChI is InChI=1S/C12H31NO4Si2/c1-5-14-11(15-6-2)9(18)13-10(19)12(16-7-3)17-8-4/h9-13H,5-8H2,1-4,18-19H3. The van der Waals surface area contributed by atoms with Gasteiger partial charge in [0.05, 0.1) is 0 Å². The zero-order valence-corrected chi connectivity index (χ0v) is 17.3. The van der Waals surface area contributed by atoms with E-state index in [1.807, 2.05) is 27.7 Å². The van der Waals surface area contributed by atoms with Crippen molar-refractivity contribution in [1.29, 1.82) is 0 Å². The molecule has 0 amide bonds. The van der Waals surface area contributed by atoms with Crippen LogP contribution < -0.4 is 5.32 Å². The van der Waals surface area contributed by atoms with E-state index in [4.69, 9.17) is 18.9 Å². The summed E-state index contributed by atoms with van der Waals surface area (Å²) < 4.78 is 22.5. The van der Waals surface area contributed by atoms with E-state index in [0.29, 0.717) is 26.4 Å². The Hall–Kier alpha value is 0.234. The molecule has 5 nitrogen and oxygen atoms in total. The highest BCUT2D eigenvalue weighted by molar-refractivity contribution is 6.15. The molecule has 116 valence electrons. The van der Waals surface area contributed by atoms with Gasteiger partial charge in [-0.15, -0.1) is 0 Å². The van der Waals surface area contributed by atoms with E-state index in [1.165, 1.54) is 0 Å². The van der Waals surface area contributed by atoms with Crippen LogP contribution in [-0.2, 0) is 18.9 Å². The first-order chi connectivity index (χ1) is 9.10. The van der Waals surface area contributed by atoms with Crippen LogP contribution in [0.15, 0.2) is 0 Å². The molecule has 0 aromatic heterocycles. The molecular formula is C12H31NO4Si2. The lowest BCUT2D eigenvalue weighted by atomic mass is 10.5. The topological polar surface area (TPSA) is 49.0 Å². The van der Waals surface area contributed by atoms with Crippen molar-refractivity contribution in [2.45, 2.75) is 51.6 Å². The molecular weight excluding hydrogens is 278 g/mol. The Balaban J connectivity index is 4.34. The molecule has 0 saturated heterocycles. The summed E-state index contributed by atoms with van der Waals surface area (Å²) in [7, 11) is 1.91. The summed E-state index contributed by atoms with van der Waals surface area (Å²) in [4.78, 5) is 0. The second-order valence-electron chi connectivity index (χ2n) is 4.30. The lowest BCUT2D eigenvalue weighted by Gasteiger charge is -2.31. The minimum atomic E-state index is -0.165. The number of hydrogen-bond donors (Lipinski definition) is 1. The summed E-state index contributed by atoms with van der Waals surface area (Å²) in [6.07, 6.45) is -0.330. The van der Waals surface area contributed by atoms with Gasteiger partial charge in [-0.1, -0.05) is 0 Å². The Labute approximate surface area is 123 Å². The summed E-state index contributed by atoms with van der Waals surface area (Å²) in [5.74, 6) is 0. The summed E-state index contributed by atoms with van der Waals surface area (Å²) in [5, 5.41) is 3.54. The molecule has 0 aromatic rings. The van der Waals surface area contributed by atoms with Crippen molar-refractivity contribution in [1.82, 2.24) is 5.32 Å². The molecule has 0 heterocycles. The molecule has 2 atom stereocenters. The maximum atomic E-state index is 5.63. The van der Waals surface area contributed by atoms with Gasteiger partial charge in [-0.05, 0) is 27.7 Å². The van der Waals surface area contributed by atoms with Gasteiger partial charge in [0.1, 0.15) is 0 Å². The average Bonchev–Trinajstić information content (AvgIpc) is 2.38. The van der Waals surface area contributed by atoms with Gasteiger partial charge in [0.15, 0.2) is 12.6 Å². The smallest absolute Gasteiger partial charge is 0.168 e. The van der Waals surface area contributed by atoms with Crippen LogP contribution in [0.3, 0.4) is 0 Å². The van der Waals surface area contributed by atoms with Crippen LogP contribution in [0.2, 0.25) is 0 Å². The van der Waals surface area contributed by atoms with Crippen molar-refractivity contribution in [3.8, 4) is 0 Å². The molecule has 0 fully saturated rings. The SMILES string of the molecule is CCOC(OCC)C([SiH3])NC([SiH3])C(OCC)OCC. The summed E-state index contributed by atoms with van der Waals surface area (Å²) in [6, 6.07) is 0. The predicted molar refractivity (Wildman–Crippen MR) is 84.7 cm³/mol. The first-order valence-electron chi connectivity index (χ1n) is 7.32. The zero-order chi connectivity index (χ0) is 14.7. The molecule has 0 aliphatic carbocycles. The van der Waals surface area contributed by atoms with Gasteiger partial charge in [-0.25, -0.2) is 0 Å². The largest absolute Gasteiger partial charge is 0.352 e. The average molecular weight is 310 g/mol. The molecule has 0 rings (SSSR count). The Morgan fingerprint density at radius 3 is 1.16 bits per heavy atom. The van der Waals surface area contributed by atoms with E-state index < -0.39 is 0 Å². The highest BCUT2D eigenvalue weighted by atomic mass is 28.1. The van der Waals surface area contributed by atoms with E-state index in [2.05, 4.69) is 5.32 Å². The Morgan fingerprint density at radius 1 is 0.684 bits per heavy atom. The normalized spacial score (nSPS) is 15.5. The number of rotatable bonds is 12. The van der Waals surface area contributed by atoms with Crippen LogP contribution in [0.1, 0.15) is 27.7 Å². The number of nitrogens with one attached hydrogen (secondary N) is 1. The fraction of sp³-hybridized carbons (Fsp3) is 1.00. The lowest BCUT2D eigenvalue weighted by Crippen LogP contribution is -2.53. The summed E-state index contributed by atoms with van der Waals surface area (Å²) >= 11 is 0. The Bertz CT molecular complexity index is 180. The maximum absolute atomic E-state index is 5.63. The van der Waals surface area contributed by atoms with Gasteiger partial charge in [-0.3, -0.25) is 0 Å². The third-order valence-corrected chi connectivity index (χ3v) is 4.42. The third kappa shape index (κ3) is 8.18. The molecule has 0 aliphatic rings. The minimum Gasteiger partial charge on any atom is -0.352 e. The van der Waals surface area contributed by atoms with Crippen LogP contribution >= 0.6 is 0 Å². The molecule has 0 aromatic carbocycles. The third-order valence-electron chi connectivity index (χ3n) is 2.67. The monoisotopic (exact) mass is 309 g/mol. The molecule has 0 saturated carbocycles. The van der Waals surface area contributed by atoms with Gasteiger partial charge in [0.2, 0.25) is 0 Å². The molecule has 0 aliphatic heterocycles. The fourth-order valence-electron chi connectivity index (χ4n) is 1.90. The molecule has 0 radical (unpaired) electrons. The number of ether oxygens (including phenoxy) is 4. The van der Waals surface area contributed by atoms with Gasteiger partial charge >= 0.3 is 0 Å². The first kappa shape index (κ1) is 19.2. The second-order valence-corrected chi connectivity index (χ2v) is 6.79. The molecule has 0 spiro atoms. The van der Waals surface area contributed by atoms with Gasteiger partial charge < -0.3 is 24.3 Å². The quantitative estimate of drug-likeness (QED) is 0.361. The molecule has 1 N–H and O–H groups in total. The molecule has 2 unspecified atom stereocenters. The van der Waals surface area contributed by atoms with Crippen molar-refractivity contribution in [3.63, 3.8) is 0 Å². The number of hydrogen-bond acceptors (Lipinski definition) is 5. The van der Waals surface area contributed by atoms with Crippen LogP contribution in [0.25, 0.3) is 0 Å². The van der Waals surface area contributed by atoms with Crippen molar-refractivity contribution in [2.24, 2.45) is 0 Å². The summed E-state index contributed by atoms with van der Waals surface area (Å²) in [5.41, 5.74) is 0.483. The fourth-order valence-corrected chi connectivity index (χ4v) is 4.39. The predicted octanol–water partition coefficient (Wildman–Crippen LogP) is -1.24. The van der Waals surface area contributed by atoms with Gasteiger partial charge in [-0.2, -0.15) is 0 Å². The van der Waals surface area contributed by atoms with Gasteiger partial charge in [0, 0.05) is 58.2 Å². The van der Waals surface area contributed by atoms with E-state index >= 15 is 0 Å². The Morgan fingerprint density at radius 2 is 0.947 bits per heavy atom. The van der Waals surface area contributed by atoms with Crippen LogP contribution in [0, 0.1) is 0 Å². The van der Waals surface area contributed by atoms with Crippen molar-refractivity contribution in [3.05, 3.63) is 0 Å². The van der Waals surface area contributed by atoms with Crippen molar-refractivity contribution in [2.75, 3.05) is 26.4 Å². The molecule has 0 bridgehead atoms. The van der Waals surface area contributed by atoms with Crippen LogP contribution in [0.4, 0.5) is 0 Å². The van der Waals surface area contributed by atoms with Crippen molar-refractivity contribution < 1.29 is 18.9 Å². The molecule has 7 heteroatoms. The van der Waals surface area contributed by atoms with E-state index in [0.717, 1.165) is 20.5 Å². The van der Waals surface area contributed by atoms with Gasteiger partial charge in [0.25, 0.3) is 0 Å². The highest BCUT2D eigenvalue weighted by Crippen LogP contribution is 2.04. The van der Waals surface area contributed by atoms with Crippen molar-refractivity contribution >= 4 is 20.5 Å². The van der Waals surface area contributed by atoms with E-state index in [-0.39, 0.29) is 23.9 Å². The lowest BCUT2D eigenvalue weighted by molar-refractivity contribution is -0.158. The summed E-state index contributed by atoms with van der Waals surface area (Å²) in [6.45, 7) is 10.6. The minimum absolute atomic E-state index is 0.165.